The molecule has 1 N–H and O–H groups in total. The molecule has 18 heavy (non-hydrogen) atoms. The summed E-state index contributed by atoms with van der Waals surface area (Å²) in [6.07, 6.45) is 5.19. The molecule has 3 nitrogen and oxygen atoms in total. The molecule has 5 heteroatoms. The number of piperidine rings is 1. The Labute approximate surface area is 107 Å². The Balaban J connectivity index is 2.20. The van der Waals surface area contributed by atoms with Crippen LogP contribution in [0.5, 0.6) is 0 Å². The van der Waals surface area contributed by atoms with E-state index in [1.165, 1.54) is 18.9 Å². The molecule has 1 fully saturated rings. The lowest BCUT2D eigenvalue weighted by Gasteiger charge is -2.23. The number of hydrogen-bond acceptors (Lipinski definition) is 3. The first-order chi connectivity index (χ1) is 8.45. The van der Waals surface area contributed by atoms with Gasteiger partial charge >= 0.3 is 0 Å². The number of rotatable bonds is 3. The molecule has 1 heterocycles. The van der Waals surface area contributed by atoms with Crippen LogP contribution in [0.1, 0.15) is 24.8 Å². The summed E-state index contributed by atoms with van der Waals surface area (Å²) in [6.45, 7) is 0.985. The van der Waals surface area contributed by atoms with E-state index in [9.17, 15) is 12.8 Å². The van der Waals surface area contributed by atoms with E-state index in [1.807, 2.05) is 0 Å². The van der Waals surface area contributed by atoms with Crippen molar-refractivity contribution >= 4 is 9.84 Å². The van der Waals surface area contributed by atoms with Gasteiger partial charge in [0.1, 0.15) is 5.82 Å². The molecular formula is C13H18FNO2S. The van der Waals surface area contributed by atoms with Gasteiger partial charge in [-0.2, -0.15) is 0 Å². The summed E-state index contributed by atoms with van der Waals surface area (Å²) in [5, 5.41) is 3.37. The Morgan fingerprint density at radius 3 is 2.72 bits per heavy atom. The predicted octanol–water partition coefficient (Wildman–Crippen LogP) is 1.91. The van der Waals surface area contributed by atoms with Gasteiger partial charge in [-0.05, 0) is 49.6 Å². The van der Waals surface area contributed by atoms with Gasteiger partial charge in [-0.1, -0.05) is 6.42 Å². The highest BCUT2D eigenvalue weighted by molar-refractivity contribution is 7.90. The van der Waals surface area contributed by atoms with Gasteiger partial charge < -0.3 is 5.32 Å². The van der Waals surface area contributed by atoms with Crippen molar-refractivity contribution in [1.29, 1.82) is 0 Å². The van der Waals surface area contributed by atoms with Crippen LogP contribution in [0.2, 0.25) is 0 Å². The third-order valence-corrected chi connectivity index (χ3v) is 4.35. The van der Waals surface area contributed by atoms with E-state index in [4.69, 9.17) is 0 Å². The molecule has 1 aliphatic heterocycles. The van der Waals surface area contributed by atoms with E-state index in [0.29, 0.717) is 12.5 Å². The normalized spacial score (nSPS) is 20.9. The Morgan fingerprint density at radius 2 is 2.11 bits per heavy atom. The average molecular weight is 271 g/mol. The molecule has 0 amide bonds. The number of hydrogen-bond donors (Lipinski definition) is 1. The van der Waals surface area contributed by atoms with Crippen LogP contribution in [0.3, 0.4) is 0 Å². The van der Waals surface area contributed by atoms with E-state index >= 15 is 0 Å². The summed E-state index contributed by atoms with van der Waals surface area (Å²) in [4.78, 5) is 0.0632. The highest BCUT2D eigenvalue weighted by atomic mass is 32.2. The molecule has 100 valence electrons. The van der Waals surface area contributed by atoms with Gasteiger partial charge in [0.2, 0.25) is 0 Å². The van der Waals surface area contributed by atoms with Crippen LogP contribution in [0.25, 0.3) is 0 Å². The summed E-state index contributed by atoms with van der Waals surface area (Å²) in [7, 11) is -3.35. The molecule has 0 saturated carbocycles. The van der Waals surface area contributed by atoms with Crippen molar-refractivity contribution in [3.8, 4) is 0 Å². The molecule has 0 aliphatic carbocycles. The second kappa shape index (κ2) is 5.36. The van der Waals surface area contributed by atoms with Gasteiger partial charge in [0.05, 0.1) is 4.90 Å². The molecule has 1 aromatic carbocycles. The Kier molecular flexibility index (Phi) is 4.02. The van der Waals surface area contributed by atoms with Gasteiger partial charge in [0, 0.05) is 12.3 Å². The zero-order chi connectivity index (χ0) is 13.2. The molecule has 1 aliphatic rings. The minimum absolute atomic E-state index is 0.0632. The fourth-order valence-electron chi connectivity index (χ4n) is 2.34. The molecule has 1 unspecified atom stereocenters. The third-order valence-electron chi connectivity index (χ3n) is 3.25. The second-order valence-corrected chi connectivity index (χ2v) is 6.93. The number of sulfone groups is 1. The molecular weight excluding hydrogens is 253 g/mol. The maximum absolute atomic E-state index is 13.4. The minimum atomic E-state index is -3.35. The number of nitrogens with one attached hydrogen (secondary N) is 1. The van der Waals surface area contributed by atoms with E-state index in [0.717, 1.165) is 30.9 Å². The topological polar surface area (TPSA) is 46.2 Å². The fraction of sp³-hybridized carbons (Fsp3) is 0.538. The fourth-order valence-corrected chi connectivity index (χ4v) is 3.03. The molecule has 0 spiro atoms. The number of halogens is 1. The summed E-state index contributed by atoms with van der Waals surface area (Å²) in [5.74, 6) is -0.483. The highest BCUT2D eigenvalue weighted by Gasteiger charge is 2.15. The first kappa shape index (κ1) is 13.5. The lowest BCUT2D eigenvalue weighted by Crippen LogP contribution is -2.35. The van der Waals surface area contributed by atoms with Crippen molar-refractivity contribution in [3.63, 3.8) is 0 Å². The van der Waals surface area contributed by atoms with E-state index < -0.39 is 15.7 Å². The summed E-state index contributed by atoms with van der Waals surface area (Å²) < 4.78 is 36.3. The van der Waals surface area contributed by atoms with E-state index in [2.05, 4.69) is 5.32 Å². The van der Waals surface area contributed by atoms with E-state index in [1.54, 1.807) is 6.07 Å². The van der Waals surface area contributed by atoms with Crippen molar-refractivity contribution in [2.24, 2.45) is 0 Å². The molecule has 1 saturated heterocycles. The smallest absolute Gasteiger partial charge is 0.175 e. The summed E-state index contributed by atoms with van der Waals surface area (Å²) in [6, 6.07) is 4.40. The maximum atomic E-state index is 13.4. The zero-order valence-corrected chi connectivity index (χ0v) is 11.3. The van der Waals surface area contributed by atoms with Crippen LogP contribution >= 0.6 is 0 Å². The standard InChI is InChI=1S/C13H18FNO2S/c1-18(16,17)13-8-10(6-11(14)9-13)7-12-4-2-3-5-15-12/h6,8-9,12,15H,2-5,7H2,1H3. The van der Waals surface area contributed by atoms with Crippen LogP contribution in [-0.4, -0.2) is 27.3 Å². The van der Waals surface area contributed by atoms with Crippen LogP contribution in [0.15, 0.2) is 23.1 Å². The third kappa shape index (κ3) is 3.53. The monoisotopic (exact) mass is 271 g/mol. The van der Waals surface area contributed by atoms with E-state index in [-0.39, 0.29) is 4.90 Å². The van der Waals surface area contributed by atoms with Gasteiger partial charge in [0.15, 0.2) is 9.84 Å². The molecule has 1 atom stereocenters. The predicted molar refractivity (Wildman–Crippen MR) is 68.9 cm³/mol. The summed E-state index contributed by atoms with van der Waals surface area (Å²) >= 11 is 0. The zero-order valence-electron chi connectivity index (χ0n) is 10.4. The Morgan fingerprint density at radius 1 is 1.33 bits per heavy atom. The van der Waals surface area contributed by atoms with Crippen molar-refractivity contribution in [2.75, 3.05) is 12.8 Å². The first-order valence-corrected chi connectivity index (χ1v) is 8.07. The SMILES string of the molecule is CS(=O)(=O)c1cc(F)cc(CC2CCCCN2)c1. The van der Waals surface area contributed by atoms with Crippen molar-refractivity contribution in [1.82, 2.24) is 5.32 Å². The summed E-state index contributed by atoms with van der Waals surface area (Å²) in [5.41, 5.74) is 0.745. The molecule has 0 bridgehead atoms. The van der Waals surface area contributed by atoms with Crippen molar-refractivity contribution in [3.05, 3.63) is 29.6 Å². The van der Waals surface area contributed by atoms with Gasteiger partial charge in [-0.3, -0.25) is 0 Å². The molecule has 1 aromatic rings. The quantitative estimate of drug-likeness (QED) is 0.913. The molecule has 0 aromatic heterocycles. The molecule has 0 radical (unpaired) electrons. The molecule has 2 rings (SSSR count). The first-order valence-electron chi connectivity index (χ1n) is 6.18. The van der Waals surface area contributed by atoms with Gasteiger partial charge in [0.25, 0.3) is 0 Å². The number of benzene rings is 1. The van der Waals surface area contributed by atoms with Crippen molar-refractivity contribution < 1.29 is 12.8 Å². The lowest BCUT2D eigenvalue weighted by molar-refractivity contribution is 0.399. The van der Waals surface area contributed by atoms with Crippen molar-refractivity contribution in [2.45, 2.75) is 36.6 Å². The highest BCUT2D eigenvalue weighted by Crippen LogP contribution is 2.18. The Bertz CT molecular complexity index is 522. The minimum Gasteiger partial charge on any atom is -0.314 e. The Hall–Kier alpha value is -0.940. The van der Waals surface area contributed by atoms with Crippen LogP contribution in [0.4, 0.5) is 4.39 Å². The average Bonchev–Trinajstić information content (AvgIpc) is 2.28. The van der Waals surface area contributed by atoms with Crippen LogP contribution in [-0.2, 0) is 16.3 Å². The van der Waals surface area contributed by atoms with Crippen LogP contribution in [0, 0.1) is 5.82 Å². The van der Waals surface area contributed by atoms with Gasteiger partial charge in [-0.25, -0.2) is 12.8 Å². The van der Waals surface area contributed by atoms with Gasteiger partial charge in [-0.15, -0.1) is 0 Å². The van der Waals surface area contributed by atoms with Crippen LogP contribution < -0.4 is 5.32 Å². The second-order valence-electron chi connectivity index (χ2n) is 4.92. The maximum Gasteiger partial charge on any atom is 0.175 e. The lowest BCUT2D eigenvalue weighted by atomic mass is 9.98. The largest absolute Gasteiger partial charge is 0.314 e.